The van der Waals surface area contributed by atoms with Crippen molar-refractivity contribution < 1.29 is 0 Å². The normalized spacial score (nSPS) is 13.2. The molecule has 0 amide bonds. The summed E-state index contributed by atoms with van der Waals surface area (Å²) < 4.78 is 0. The van der Waals surface area contributed by atoms with Gasteiger partial charge in [-0.2, -0.15) is 0 Å². The first-order chi connectivity index (χ1) is 13.9. The Balaban J connectivity index is 2.90. The van der Waals surface area contributed by atoms with Gasteiger partial charge in [-0.3, -0.25) is 0 Å². The molecule has 0 aliphatic heterocycles. The van der Waals surface area contributed by atoms with E-state index in [2.05, 4.69) is 39.3 Å². The van der Waals surface area contributed by atoms with Crippen molar-refractivity contribution >= 4 is 149 Å². The third kappa shape index (κ3) is 4.50. The van der Waals surface area contributed by atoms with Crippen LogP contribution >= 0.6 is 116 Å². The van der Waals surface area contributed by atoms with Crippen molar-refractivity contribution in [2.45, 2.75) is 39.3 Å². The zero-order valence-corrected chi connectivity index (χ0v) is 27.8. The second-order valence-electron chi connectivity index (χ2n) is 8.76. The van der Waals surface area contributed by atoms with Gasteiger partial charge in [0.1, 0.15) is 0 Å². The van der Waals surface area contributed by atoms with Crippen LogP contribution in [-0.4, -0.2) is 22.3 Å². The van der Waals surface area contributed by atoms with Crippen LogP contribution in [0.3, 0.4) is 0 Å². The first kappa shape index (κ1) is 29.2. The topological polar surface area (TPSA) is 0 Å². The zero-order valence-electron chi connectivity index (χ0n) is 17.3. The van der Waals surface area contributed by atoms with E-state index in [4.69, 9.17) is 116 Å². The highest BCUT2D eigenvalue weighted by Crippen LogP contribution is 2.45. The Morgan fingerprint density at radius 1 is 0.323 bits per heavy atom. The van der Waals surface area contributed by atoms with E-state index in [1.54, 1.807) is 0 Å². The minimum atomic E-state index is -2.42. The van der Waals surface area contributed by atoms with Gasteiger partial charge in [-0.15, -0.1) is 0 Å². The van der Waals surface area contributed by atoms with Crippen LogP contribution in [0.2, 0.25) is 89.5 Å². The number of hydrogen-bond acceptors (Lipinski definition) is 0. The van der Waals surface area contributed by atoms with Crippen LogP contribution in [0.1, 0.15) is 0 Å². The Morgan fingerprint density at radius 3 is 0.677 bits per heavy atom. The SMILES string of the molecule is C[Si](C)(c1c(Cl)c(Cl)c(Cl)c(Cl)c1Cl)[Si](C)(C)[Si](C)(C)c1c(Cl)c(Cl)c(Cl)c(Cl)c1Cl. The maximum atomic E-state index is 6.70. The van der Waals surface area contributed by atoms with Gasteiger partial charge in [-0.05, 0) is 10.4 Å². The number of rotatable bonds is 4. The second kappa shape index (κ2) is 9.80. The average molecular weight is 673 g/mol. The average Bonchev–Trinajstić information content (AvgIpc) is 2.67. The van der Waals surface area contributed by atoms with Gasteiger partial charge in [0, 0.05) is 7.11 Å². The van der Waals surface area contributed by atoms with Crippen molar-refractivity contribution in [2.24, 2.45) is 0 Å². The Morgan fingerprint density at radius 2 is 0.484 bits per heavy atom. The summed E-state index contributed by atoms with van der Waals surface area (Å²) in [5, 5.41) is 4.02. The van der Waals surface area contributed by atoms with Crippen molar-refractivity contribution in [3.63, 3.8) is 0 Å². The lowest BCUT2D eigenvalue weighted by atomic mass is 10.3. The van der Waals surface area contributed by atoms with Crippen LogP contribution in [0.4, 0.5) is 0 Å². The molecule has 0 bridgehead atoms. The molecule has 2 aromatic carbocycles. The van der Waals surface area contributed by atoms with Crippen LogP contribution in [0.15, 0.2) is 0 Å². The molecule has 0 nitrogen and oxygen atoms in total. The standard InChI is InChI=1S/C18H18Cl10Si3/c1-29(2,17-13(25)9(21)7(19)10(22)14(17)26)31(5,6)30(3,4)18-15(27)11(23)8(20)12(24)16(18)28/h1-6H3. The molecule has 0 N–H and O–H groups in total. The smallest absolute Gasteiger partial charge is 0.0808 e. The molecule has 0 spiro atoms. The Bertz CT molecular complexity index is 938. The first-order valence-corrected chi connectivity index (χ1v) is 23.7. The molecule has 0 atom stereocenters. The fourth-order valence-electron chi connectivity index (χ4n) is 3.71. The number of benzene rings is 2. The molecule has 31 heavy (non-hydrogen) atoms. The van der Waals surface area contributed by atoms with Crippen LogP contribution in [-0.2, 0) is 0 Å². The van der Waals surface area contributed by atoms with Gasteiger partial charge in [0.15, 0.2) is 0 Å². The lowest BCUT2D eigenvalue weighted by Gasteiger charge is -2.50. The summed E-state index contributed by atoms with van der Waals surface area (Å²) in [4.78, 5) is 0. The molecule has 0 radical (unpaired) electrons. The van der Waals surface area contributed by atoms with E-state index in [0.29, 0.717) is 20.1 Å². The van der Waals surface area contributed by atoms with E-state index in [1.165, 1.54) is 0 Å². The van der Waals surface area contributed by atoms with Crippen molar-refractivity contribution in [3.05, 3.63) is 50.2 Å². The number of halogens is 10. The minimum Gasteiger partial charge on any atom is -0.0827 e. The molecule has 0 aliphatic rings. The lowest BCUT2D eigenvalue weighted by Crippen LogP contribution is -2.78. The molecular formula is C18H18Cl10Si3. The van der Waals surface area contributed by atoms with Gasteiger partial charge in [0.25, 0.3) is 0 Å². The van der Waals surface area contributed by atoms with Gasteiger partial charge < -0.3 is 0 Å². The maximum Gasteiger partial charge on any atom is 0.0808 e. The molecule has 0 heterocycles. The van der Waals surface area contributed by atoms with Crippen molar-refractivity contribution in [3.8, 4) is 0 Å². The molecular weight excluding hydrogens is 655 g/mol. The Kier molecular flexibility index (Phi) is 9.24. The largest absolute Gasteiger partial charge is 0.0827 e. The number of hydrogen-bond donors (Lipinski definition) is 0. The summed E-state index contributed by atoms with van der Waals surface area (Å²) >= 11 is 64.9. The minimum absolute atomic E-state index is 0.144. The highest BCUT2D eigenvalue weighted by atomic mass is 35.5. The summed E-state index contributed by atoms with van der Waals surface area (Å²) in [7, 11) is -7.12. The Labute approximate surface area is 235 Å². The van der Waals surface area contributed by atoms with Crippen LogP contribution < -0.4 is 10.4 Å². The van der Waals surface area contributed by atoms with Crippen LogP contribution in [0.5, 0.6) is 0 Å². The molecule has 2 aromatic rings. The quantitative estimate of drug-likeness (QED) is 0.172. The van der Waals surface area contributed by atoms with E-state index in [9.17, 15) is 0 Å². The molecule has 0 saturated carbocycles. The highest BCUT2D eigenvalue weighted by molar-refractivity contribution is 7.73. The fourth-order valence-corrected chi connectivity index (χ4v) is 41.9. The summed E-state index contributed by atoms with van der Waals surface area (Å²) in [5.41, 5.74) is 0. The molecule has 0 aromatic heterocycles. The predicted molar refractivity (Wildman–Crippen MR) is 155 cm³/mol. The first-order valence-electron chi connectivity index (χ1n) is 8.89. The van der Waals surface area contributed by atoms with E-state index in [1.807, 2.05) is 0 Å². The van der Waals surface area contributed by atoms with E-state index >= 15 is 0 Å². The molecule has 172 valence electrons. The highest BCUT2D eigenvalue weighted by Gasteiger charge is 2.57. The molecule has 2 rings (SSSR count). The van der Waals surface area contributed by atoms with Crippen molar-refractivity contribution in [2.75, 3.05) is 0 Å². The molecule has 13 heteroatoms. The molecule has 0 fully saturated rings. The van der Waals surface area contributed by atoms with Crippen LogP contribution in [0, 0.1) is 0 Å². The summed E-state index contributed by atoms with van der Waals surface area (Å²) in [6, 6.07) is 0. The summed E-state index contributed by atoms with van der Waals surface area (Å²) in [6.07, 6.45) is 0. The van der Waals surface area contributed by atoms with Gasteiger partial charge in [-0.1, -0.05) is 155 Å². The summed E-state index contributed by atoms with van der Waals surface area (Å²) in [5.74, 6) is 0. The van der Waals surface area contributed by atoms with E-state index in [0.717, 1.165) is 10.4 Å². The Hall–Kier alpha value is 1.99. The monoisotopic (exact) mass is 668 g/mol. The van der Waals surface area contributed by atoms with Crippen molar-refractivity contribution in [1.82, 2.24) is 0 Å². The zero-order chi connectivity index (χ0) is 24.4. The van der Waals surface area contributed by atoms with Gasteiger partial charge in [0.05, 0.1) is 65.4 Å². The predicted octanol–water partition coefficient (Wildman–Crippen LogP) is 10.6. The third-order valence-corrected chi connectivity index (χ3v) is 53.2. The lowest BCUT2D eigenvalue weighted by molar-refractivity contribution is 1.67. The molecule has 0 saturated heterocycles. The van der Waals surface area contributed by atoms with E-state index in [-0.39, 0.29) is 30.1 Å². The van der Waals surface area contributed by atoms with Gasteiger partial charge in [-0.25, -0.2) is 0 Å². The van der Waals surface area contributed by atoms with Crippen LogP contribution in [0.25, 0.3) is 0 Å². The van der Waals surface area contributed by atoms with Gasteiger partial charge in [0.2, 0.25) is 0 Å². The molecule has 0 unspecified atom stereocenters. The maximum absolute atomic E-state index is 6.70. The molecule has 0 aliphatic carbocycles. The summed E-state index contributed by atoms with van der Waals surface area (Å²) in [6.45, 7) is 13.4. The third-order valence-electron chi connectivity index (χ3n) is 6.79. The fraction of sp³-hybridized carbons (Fsp3) is 0.333. The second-order valence-corrected chi connectivity index (χ2v) is 39.8. The van der Waals surface area contributed by atoms with Gasteiger partial charge >= 0.3 is 0 Å². The van der Waals surface area contributed by atoms with E-state index < -0.39 is 22.3 Å². The van der Waals surface area contributed by atoms with Crippen molar-refractivity contribution in [1.29, 1.82) is 0 Å².